The van der Waals surface area contributed by atoms with Gasteiger partial charge in [-0.2, -0.15) is 13.2 Å². The summed E-state index contributed by atoms with van der Waals surface area (Å²) in [5.41, 5.74) is -0.366. The number of alkyl halides is 3. The standard InChI is InChI=1S/C17H15ClF3N3O/c18-13-3-1-11(2-4-13)15(25)12-6-9-24(10-7-12)16-22-8-5-14(23-16)17(19,20)21/h1-5,8,12H,6-7,9-10H2. The zero-order chi connectivity index (χ0) is 18.0. The topological polar surface area (TPSA) is 46.1 Å². The summed E-state index contributed by atoms with van der Waals surface area (Å²) in [6.45, 7) is 0.872. The highest BCUT2D eigenvalue weighted by Gasteiger charge is 2.34. The van der Waals surface area contributed by atoms with Crippen molar-refractivity contribution in [3.8, 4) is 0 Å². The maximum atomic E-state index is 12.8. The summed E-state index contributed by atoms with van der Waals surface area (Å²) in [6.07, 6.45) is -2.31. The lowest BCUT2D eigenvalue weighted by atomic mass is 9.89. The van der Waals surface area contributed by atoms with Crippen LogP contribution < -0.4 is 4.90 Å². The second-order valence-electron chi connectivity index (χ2n) is 5.87. The number of benzene rings is 1. The van der Waals surface area contributed by atoms with Gasteiger partial charge in [-0.3, -0.25) is 4.79 Å². The van der Waals surface area contributed by atoms with Crippen LogP contribution in [0.3, 0.4) is 0 Å². The van der Waals surface area contributed by atoms with E-state index in [0.29, 0.717) is 36.5 Å². The lowest BCUT2D eigenvalue weighted by Crippen LogP contribution is -2.37. The van der Waals surface area contributed by atoms with Crippen LogP contribution in [0.1, 0.15) is 28.9 Å². The maximum absolute atomic E-state index is 12.8. The molecule has 1 aliphatic rings. The van der Waals surface area contributed by atoms with Crippen LogP contribution in [0.5, 0.6) is 0 Å². The molecule has 0 unspecified atom stereocenters. The van der Waals surface area contributed by atoms with Gasteiger partial charge in [0.2, 0.25) is 5.95 Å². The normalized spacial score (nSPS) is 16.1. The fraction of sp³-hybridized carbons (Fsp3) is 0.353. The first-order valence-electron chi connectivity index (χ1n) is 7.79. The minimum atomic E-state index is -4.50. The fourth-order valence-corrected chi connectivity index (χ4v) is 2.98. The van der Waals surface area contributed by atoms with E-state index in [2.05, 4.69) is 9.97 Å². The largest absolute Gasteiger partial charge is 0.433 e. The van der Waals surface area contributed by atoms with Gasteiger partial charge in [0.05, 0.1) is 0 Å². The molecule has 8 heteroatoms. The van der Waals surface area contributed by atoms with Crippen LogP contribution in [0.25, 0.3) is 0 Å². The van der Waals surface area contributed by atoms with Crippen molar-refractivity contribution in [2.24, 2.45) is 5.92 Å². The molecule has 0 radical (unpaired) electrons. The Morgan fingerprint density at radius 1 is 1.12 bits per heavy atom. The van der Waals surface area contributed by atoms with E-state index in [1.165, 1.54) is 0 Å². The van der Waals surface area contributed by atoms with Crippen LogP contribution >= 0.6 is 11.6 Å². The van der Waals surface area contributed by atoms with Crippen molar-refractivity contribution >= 4 is 23.3 Å². The van der Waals surface area contributed by atoms with E-state index in [9.17, 15) is 18.0 Å². The molecule has 0 bridgehead atoms. The summed E-state index contributed by atoms with van der Waals surface area (Å²) in [5.74, 6) is -0.0864. The van der Waals surface area contributed by atoms with E-state index in [4.69, 9.17) is 11.6 Å². The fourth-order valence-electron chi connectivity index (χ4n) is 2.85. The van der Waals surface area contributed by atoms with E-state index in [1.54, 1.807) is 29.2 Å². The Hall–Kier alpha value is -2.15. The molecular weight excluding hydrogens is 355 g/mol. The Kier molecular flexibility index (Phi) is 4.94. The van der Waals surface area contributed by atoms with Crippen LogP contribution in [0.2, 0.25) is 5.02 Å². The van der Waals surface area contributed by atoms with Crippen molar-refractivity contribution in [1.82, 2.24) is 9.97 Å². The monoisotopic (exact) mass is 369 g/mol. The third-order valence-corrected chi connectivity index (χ3v) is 4.46. The number of carbonyl (C=O) groups is 1. The van der Waals surface area contributed by atoms with Crippen molar-refractivity contribution in [2.75, 3.05) is 18.0 Å². The van der Waals surface area contributed by atoms with Gasteiger partial charge >= 0.3 is 6.18 Å². The van der Waals surface area contributed by atoms with Crippen LogP contribution in [-0.2, 0) is 6.18 Å². The summed E-state index contributed by atoms with van der Waals surface area (Å²) in [4.78, 5) is 21.7. The Balaban J connectivity index is 1.66. The van der Waals surface area contributed by atoms with Crippen LogP contribution in [-0.4, -0.2) is 28.8 Å². The second-order valence-corrected chi connectivity index (χ2v) is 6.31. The SMILES string of the molecule is O=C(c1ccc(Cl)cc1)C1CCN(c2nccc(C(F)(F)F)n2)CC1. The molecule has 1 aliphatic heterocycles. The summed E-state index contributed by atoms with van der Waals surface area (Å²) in [7, 11) is 0. The van der Waals surface area contributed by atoms with Crippen LogP contribution in [0, 0.1) is 5.92 Å². The van der Waals surface area contributed by atoms with Crippen LogP contribution in [0.4, 0.5) is 19.1 Å². The Morgan fingerprint density at radius 2 is 1.76 bits per heavy atom. The van der Waals surface area contributed by atoms with E-state index in [-0.39, 0.29) is 17.6 Å². The molecule has 0 spiro atoms. The number of nitrogens with zero attached hydrogens (tertiary/aromatic N) is 3. The van der Waals surface area contributed by atoms with Crippen molar-refractivity contribution in [3.63, 3.8) is 0 Å². The third-order valence-electron chi connectivity index (χ3n) is 4.21. The average molecular weight is 370 g/mol. The smallest absolute Gasteiger partial charge is 0.341 e. The molecule has 25 heavy (non-hydrogen) atoms. The zero-order valence-corrected chi connectivity index (χ0v) is 13.9. The third kappa shape index (κ3) is 4.10. The molecule has 4 nitrogen and oxygen atoms in total. The van der Waals surface area contributed by atoms with E-state index >= 15 is 0 Å². The van der Waals surface area contributed by atoms with Gasteiger partial charge in [-0.25, -0.2) is 9.97 Å². The lowest BCUT2D eigenvalue weighted by molar-refractivity contribution is -0.141. The number of halogens is 4. The van der Waals surface area contributed by atoms with Gasteiger partial charge in [-0.1, -0.05) is 11.6 Å². The Morgan fingerprint density at radius 3 is 2.36 bits per heavy atom. The molecule has 0 atom stereocenters. The highest BCUT2D eigenvalue weighted by molar-refractivity contribution is 6.30. The molecule has 2 aromatic rings. The van der Waals surface area contributed by atoms with Crippen molar-refractivity contribution in [2.45, 2.75) is 19.0 Å². The van der Waals surface area contributed by atoms with Crippen molar-refractivity contribution < 1.29 is 18.0 Å². The molecule has 0 aliphatic carbocycles. The lowest BCUT2D eigenvalue weighted by Gasteiger charge is -2.31. The molecule has 2 heterocycles. The van der Waals surface area contributed by atoms with Gasteiger partial charge < -0.3 is 4.90 Å². The molecule has 0 saturated carbocycles. The van der Waals surface area contributed by atoms with Crippen molar-refractivity contribution in [1.29, 1.82) is 0 Å². The second kappa shape index (κ2) is 7.00. The molecule has 0 N–H and O–H groups in total. The number of Topliss-reactive ketones (excluding diaryl/α,β-unsaturated/α-hetero) is 1. The van der Waals surface area contributed by atoms with E-state index in [0.717, 1.165) is 12.3 Å². The number of hydrogen-bond acceptors (Lipinski definition) is 4. The van der Waals surface area contributed by atoms with Crippen LogP contribution in [0.15, 0.2) is 36.5 Å². The van der Waals surface area contributed by atoms with Gasteiger partial charge in [0.25, 0.3) is 0 Å². The zero-order valence-electron chi connectivity index (χ0n) is 13.1. The number of rotatable bonds is 3. The minimum Gasteiger partial charge on any atom is -0.341 e. The molecule has 1 saturated heterocycles. The van der Waals surface area contributed by atoms with Gasteiger partial charge in [0, 0.05) is 35.8 Å². The number of anilines is 1. The number of ketones is 1. The summed E-state index contributed by atoms with van der Waals surface area (Å²) in [6, 6.07) is 7.56. The quantitative estimate of drug-likeness (QED) is 0.759. The number of aromatic nitrogens is 2. The highest BCUT2D eigenvalue weighted by atomic mass is 35.5. The Labute approximate surface area is 147 Å². The van der Waals surface area contributed by atoms with Gasteiger partial charge in [-0.15, -0.1) is 0 Å². The molecule has 1 aromatic carbocycles. The van der Waals surface area contributed by atoms with Crippen molar-refractivity contribution in [3.05, 3.63) is 52.8 Å². The molecular formula is C17H15ClF3N3O. The summed E-state index contributed by atoms with van der Waals surface area (Å²) >= 11 is 5.82. The van der Waals surface area contributed by atoms with E-state index < -0.39 is 11.9 Å². The first kappa shape index (κ1) is 17.7. The number of hydrogen-bond donors (Lipinski definition) is 0. The van der Waals surface area contributed by atoms with Gasteiger partial charge in [-0.05, 0) is 43.2 Å². The molecule has 1 aromatic heterocycles. The molecule has 132 valence electrons. The average Bonchev–Trinajstić information content (AvgIpc) is 2.61. The molecule has 3 rings (SSSR count). The maximum Gasteiger partial charge on any atom is 0.433 e. The number of piperidine rings is 1. The van der Waals surface area contributed by atoms with E-state index in [1.807, 2.05) is 0 Å². The first-order chi connectivity index (χ1) is 11.8. The first-order valence-corrected chi connectivity index (χ1v) is 8.17. The van der Waals surface area contributed by atoms with Gasteiger partial charge in [0.15, 0.2) is 5.78 Å². The molecule has 0 amide bonds. The Bertz CT molecular complexity index is 756. The molecule has 1 fully saturated rings. The summed E-state index contributed by atoms with van der Waals surface area (Å²) < 4.78 is 38.3. The minimum absolute atomic E-state index is 0.0290. The van der Waals surface area contributed by atoms with Gasteiger partial charge in [0.1, 0.15) is 5.69 Å². The predicted octanol–water partition coefficient (Wildman–Crippen LogP) is 4.25. The highest BCUT2D eigenvalue weighted by Crippen LogP contribution is 2.29. The number of carbonyl (C=O) groups excluding carboxylic acids is 1. The predicted molar refractivity (Wildman–Crippen MR) is 87.8 cm³/mol. The summed E-state index contributed by atoms with van der Waals surface area (Å²) in [5, 5.41) is 0.563.